The minimum absolute atomic E-state index is 0.302. The third kappa shape index (κ3) is 5.45. The molecule has 0 saturated carbocycles. The lowest BCUT2D eigenvalue weighted by Crippen LogP contribution is -2.01. The van der Waals surface area contributed by atoms with Crippen LogP contribution in [0, 0.1) is 0 Å². The van der Waals surface area contributed by atoms with Gasteiger partial charge in [0.15, 0.2) is 0 Å². The van der Waals surface area contributed by atoms with Gasteiger partial charge in [0.05, 0.1) is 0 Å². The molecule has 0 spiro atoms. The number of unbranched alkanes of at least 4 members (excludes halogenated alkanes) is 1. The van der Waals surface area contributed by atoms with Gasteiger partial charge in [0.25, 0.3) is 0 Å². The number of benzene rings is 2. The Morgan fingerprint density at radius 2 is 1.86 bits per heavy atom. The highest BCUT2D eigenvalue weighted by atomic mass is 32.2. The number of hydrogen-bond acceptors (Lipinski definition) is 4. The molecule has 0 fully saturated rings. The summed E-state index contributed by atoms with van der Waals surface area (Å²) in [4.78, 5) is 13.2. The van der Waals surface area contributed by atoms with Gasteiger partial charge >= 0.3 is 5.97 Å². The zero-order chi connectivity index (χ0) is 15.8. The lowest BCUT2D eigenvalue weighted by Gasteiger charge is -2.08. The molecule has 4 heteroatoms. The molecule has 0 aliphatic rings. The Labute approximate surface area is 136 Å². The number of anilines is 1. The predicted octanol–water partition coefficient (Wildman–Crippen LogP) is 4.98. The minimum Gasteiger partial charge on any atom is -0.427 e. The Morgan fingerprint density at radius 1 is 1.14 bits per heavy atom. The maximum atomic E-state index is 11.0. The summed E-state index contributed by atoms with van der Waals surface area (Å²) in [6.45, 7) is 4.59. The Morgan fingerprint density at radius 3 is 2.59 bits per heavy atom. The second-order valence-electron chi connectivity index (χ2n) is 4.98. The van der Waals surface area contributed by atoms with Crippen LogP contribution in [0.15, 0.2) is 58.3 Å². The van der Waals surface area contributed by atoms with Crippen molar-refractivity contribution in [1.29, 1.82) is 0 Å². The maximum absolute atomic E-state index is 11.0. The summed E-state index contributed by atoms with van der Waals surface area (Å²) in [6, 6.07) is 15.9. The standard InChI is InChI=1S/C18H21NO2S/c1-3-4-11-19-15-7-5-9-17(12-15)22-18-10-6-8-16(13-18)21-14(2)20/h5-10,12-13,19H,3-4,11H2,1-2H3. The number of ether oxygens (including phenoxy) is 1. The lowest BCUT2D eigenvalue weighted by atomic mass is 10.3. The molecule has 2 aromatic carbocycles. The first kappa shape index (κ1) is 16.4. The minimum atomic E-state index is -0.302. The average molecular weight is 315 g/mol. The van der Waals surface area contributed by atoms with Gasteiger partial charge in [-0.15, -0.1) is 0 Å². The molecule has 2 rings (SSSR count). The summed E-state index contributed by atoms with van der Waals surface area (Å²) in [5.41, 5.74) is 1.13. The van der Waals surface area contributed by atoms with Crippen LogP contribution in [0.4, 0.5) is 5.69 Å². The molecular weight excluding hydrogens is 294 g/mol. The van der Waals surface area contributed by atoms with Crippen LogP contribution in [0.1, 0.15) is 26.7 Å². The number of hydrogen-bond donors (Lipinski definition) is 1. The Balaban J connectivity index is 2.03. The van der Waals surface area contributed by atoms with E-state index in [0.717, 1.165) is 22.0 Å². The molecule has 0 aliphatic heterocycles. The fourth-order valence-corrected chi connectivity index (χ4v) is 2.91. The van der Waals surface area contributed by atoms with E-state index in [9.17, 15) is 4.79 Å². The highest BCUT2D eigenvalue weighted by Gasteiger charge is 2.03. The summed E-state index contributed by atoms with van der Waals surface area (Å²) < 4.78 is 5.12. The molecule has 0 heterocycles. The zero-order valence-electron chi connectivity index (χ0n) is 13.0. The van der Waals surface area contributed by atoms with Gasteiger partial charge in [0.2, 0.25) is 0 Å². The fraction of sp³-hybridized carbons (Fsp3) is 0.278. The summed E-state index contributed by atoms with van der Waals surface area (Å²) in [6.07, 6.45) is 2.35. The summed E-state index contributed by atoms with van der Waals surface area (Å²) >= 11 is 1.65. The second-order valence-corrected chi connectivity index (χ2v) is 6.13. The van der Waals surface area contributed by atoms with Crippen molar-refractivity contribution in [3.05, 3.63) is 48.5 Å². The van der Waals surface area contributed by atoms with Crippen LogP contribution in [0.3, 0.4) is 0 Å². The molecule has 0 atom stereocenters. The van der Waals surface area contributed by atoms with Crippen molar-refractivity contribution in [2.45, 2.75) is 36.5 Å². The quantitative estimate of drug-likeness (QED) is 0.444. The SMILES string of the molecule is CCCCNc1cccc(Sc2cccc(OC(C)=O)c2)c1. The molecule has 0 bridgehead atoms. The van der Waals surface area contributed by atoms with E-state index < -0.39 is 0 Å². The third-order valence-electron chi connectivity index (χ3n) is 3.00. The first-order valence-corrected chi connectivity index (χ1v) is 8.29. The summed E-state index contributed by atoms with van der Waals surface area (Å²) in [5.74, 6) is 0.277. The summed E-state index contributed by atoms with van der Waals surface area (Å²) in [5, 5.41) is 3.43. The molecule has 0 amide bonds. The number of nitrogens with one attached hydrogen (secondary N) is 1. The van der Waals surface area contributed by atoms with Crippen molar-refractivity contribution in [3.63, 3.8) is 0 Å². The van der Waals surface area contributed by atoms with Crippen LogP contribution in [0.5, 0.6) is 5.75 Å². The van der Waals surface area contributed by atoms with E-state index >= 15 is 0 Å². The largest absolute Gasteiger partial charge is 0.427 e. The molecule has 116 valence electrons. The monoisotopic (exact) mass is 315 g/mol. The van der Waals surface area contributed by atoms with Gasteiger partial charge in [-0.3, -0.25) is 4.79 Å². The van der Waals surface area contributed by atoms with Gasteiger partial charge in [-0.2, -0.15) is 0 Å². The van der Waals surface area contributed by atoms with Crippen molar-refractivity contribution in [3.8, 4) is 5.75 Å². The van der Waals surface area contributed by atoms with E-state index in [-0.39, 0.29) is 5.97 Å². The number of esters is 1. The number of carbonyl (C=O) groups excluding carboxylic acids is 1. The maximum Gasteiger partial charge on any atom is 0.308 e. The smallest absolute Gasteiger partial charge is 0.308 e. The van der Waals surface area contributed by atoms with Gasteiger partial charge in [-0.25, -0.2) is 0 Å². The molecule has 0 aliphatic carbocycles. The van der Waals surface area contributed by atoms with Gasteiger partial charge in [0, 0.05) is 28.9 Å². The van der Waals surface area contributed by atoms with Gasteiger partial charge < -0.3 is 10.1 Å². The Kier molecular flexibility index (Phi) is 6.34. The van der Waals surface area contributed by atoms with Crippen LogP contribution in [-0.2, 0) is 4.79 Å². The van der Waals surface area contributed by atoms with Gasteiger partial charge in [-0.05, 0) is 42.8 Å². The summed E-state index contributed by atoms with van der Waals surface area (Å²) in [7, 11) is 0. The Bertz CT molecular complexity index is 628. The molecule has 0 aromatic heterocycles. The van der Waals surface area contributed by atoms with Crippen molar-refractivity contribution in [2.24, 2.45) is 0 Å². The van der Waals surface area contributed by atoms with Crippen molar-refractivity contribution in [1.82, 2.24) is 0 Å². The molecule has 3 nitrogen and oxygen atoms in total. The van der Waals surface area contributed by atoms with Gasteiger partial charge in [-0.1, -0.05) is 37.2 Å². The van der Waals surface area contributed by atoms with Crippen LogP contribution in [0.2, 0.25) is 0 Å². The highest BCUT2D eigenvalue weighted by Crippen LogP contribution is 2.31. The number of rotatable bonds is 7. The molecule has 0 saturated heterocycles. The van der Waals surface area contributed by atoms with E-state index in [1.54, 1.807) is 17.8 Å². The molecule has 2 aromatic rings. The zero-order valence-corrected chi connectivity index (χ0v) is 13.8. The molecule has 1 N–H and O–H groups in total. The Hall–Kier alpha value is -1.94. The van der Waals surface area contributed by atoms with Crippen molar-refractivity contribution in [2.75, 3.05) is 11.9 Å². The van der Waals surface area contributed by atoms with E-state index in [1.807, 2.05) is 24.3 Å². The molecule has 22 heavy (non-hydrogen) atoms. The molecular formula is C18H21NO2S. The lowest BCUT2D eigenvalue weighted by molar-refractivity contribution is -0.131. The van der Waals surface area contributed by atoms with Crippen molar-refractivity contribution < 1.29 is 9.53 Å². The first-order chi connectivity index (χ1) is 10.7. The van der Waals surface area contributed by atoms with Crippen LogP contribution in [0.25, 0.3) is 0 Å². The molecule has 0 radical (unpaired) electrons. The normalized spacial score (nSPS) is 10.3. The van der Waals surface area contributed by atoms with E-state index in [2.05, 4.69) is 30.4 Å². The molecule has 0 unspecified atom stereocenters. The van der Waals surface area contributed by atoms with Crippen LogP contribution in [-0.4, -0.2) is 12.5 Å². The van der Waals surface area contributed by atoms with Crippen LogP contribution < -0.4 is 10.1 Å². The average Bonchev–Trinajstić information content (AvgIpc) is 2.47. The second kappa shape index (κ2) is 8.49. The van der Waals surface area contributed by atoms with E-state index in [1.165, 1.54) is 19.8 Å². The fourth-order valence-electron chi connectivity index (χ4n) is 1.98. The van der Waals surface area contributed by atoms with E-state index in [0.29, 0.717) is 5.75 Å². The number of carbonyl (C=O) groups is 1. The highest BCUT2D eigenvalue weighted by molar-refractivity contribution is 7.99. The van der Waals surface area contributed by atoms with Crippen LogP contribution >= 0.6 is 11.8 Å². The third-order valence-corrected chi connectivity index (χ3v) is 3.98. The first-order valence-electron chi connectivity index (χ1n) is 7.47. The predicted molar refractivity (Wildman–Crippen MR) is 91.7 cm³/mol. The topological polar surface area (TPSA) is 38.3 Å². The van der Waals surface area contributed by atoms with E-state index in [4.69, 9.17) is 4.74 Å². The van der Waals surface area contributed by atoms with Crippen molar-refractivity contribution >= 4 is 23.4 Å². The van der Waals surface area contributed by atoms with Gasteiger partial charge in [0.1, 0.15) is 5.75 Å².